The van der Waals surface area contributed by atoms with Gasteiger partial charge in [-0.15, -0.1) is 0 Å². The number of aromatic nitrogens is 3. The Morgan fingerprint density at radius 2 is 2.30 bits per heavy atom. The van der Waals surface area contributed by atoms with Crippen molar-refractivity contribution >= 4 is 5.91 Å². The number of amides is 1. The molecular formula is C14H18N4O2. The fourth-order valence-electron chi connectivity index (χ4n) is 1.91. The zero-order valence-corrected chi connectivity index (χ0v) is 11.6. The molecule has 0 fully saturated rings. The molecule has 0 saturated carbocycles. The van der Waals surface area contributed by atoms with Crippen LogP contribution in [0.3, 0.4) is 0 Å². The number of nitrogens with one attached hydrogen (secondary N) is 2. The van der Waals surface area contributed by atoms with Crippen LogP contribution in [0, 0.1) is 12.8 Å². The van der Waals surface area contributed by atoms with E-state index in [0.717, 1.165) is 12.2 Å². The standard InChI is InChI=1S/C14H18N4O2/c1-10(9-18-7-3-6-16-18)8-15-13(19)12-5-4-11(2)17-14(12)20/h3-7,10H,8-9H2,1-2H3,(H,15,19)(H,17,20). The molecule has 0 radical (unpaired) electrons. The monoisotopic (exact) mass is 274 g/mol. The van der Waals surface area contributed by atoms with Crippen molar-refractivity contribution in [2.75, 3.05) is 6.54 Å². The average molecular weight is 274 g/mol. The summed E-state index contributed by atoms with van der Waals surface area (Å²) in [5.74, 6) is -0.123. The van der Waals surface area contributed by atoms with Gasteiger partial charge in [0.15, 0.2) is 0 Å². The summed E-state index contributed by atoms with van der Waals surface area (Å²) in [6.07, 6.45) is 3.60. The molecule has 0 saturated heterocycles. The van der Waals surface area contributed by atoms with Gasteiger partial charge in [0.25, 0.3) is 11.5 Å². The van der Waals surface area contributed by atoms with Gasteiger partial charge in [-0.2, -0.15) is 5.10 Å². The van der Waals surface area contributed by atoms with E-state index in [1.165, 1.54) is 0 Å². The molecule has 1 atom stereocenters. The van der Waals surface area contributed by atoms with Gasteiger partial charge in [-0.25, -0.2) is 0 Å². The molecule has 2 aromatic rings. The van der Waals surface area contributed by atoms with Crippen molar-refractivity contribution in [1.29, 1.82) is 0 Å². The van der Waals surface area contributed by atoms with Crippen LogP contribution in [0.1, 0.15) is 23.0 Å². The number of hydrogen-bond donors (Lipinski definition) is 2. The van der Waals surface area contributed by atoms with Crippen molar-refractivity contribution in [3.05, 3.63) is 52.2 Å². The molecule has 6 nitrogen and oxygen atoms in total. The first-order chi connectivity index (χ1) is 9.56. The quantitative estimate of drug-likeness (QED) is 0.851. The van der Waals surface area contributed by atoms with Gasteiger partial charge >= 0.3 is 0 Å². The minimum Gasteiger partial charge on any atom is -0.352 e. The Kier molecular flexibility index (Phi) is 4.34. The molecule has 0 spiro atoms. The first-order valence-corrected chi connectivity index (χ1v) is 6.52. The highest BCUT2D eigenvalue weighted by molar-refractivity contribution is 5.93. The summed E-state index contributed by atoms with van der Waals surface area (Å²) in [5, 5.41) is 6.89. The zero-order valence-electron chi connectivity index (χ0n) is 11.6. The maximum Gasteiger partial charge on any atom is 0.260 e. The molecule has 0 aliphatic heterocycles. The third-order valence-electron chi connectivity index (χ3n) is 2.97. The smallest absolute Gasteiger partial charge is 0.260 e. The molecule has 0 aromatic carbocycles. The van der Waals surface area contributed by atoms with Crippen LogP contribution in [0.2, 0.25) is 0 Å². The molecule has 6 heteroatoms. The normalized spacial score (nSPS) is 12.1. The number of hydrogen-bond acceptors (Lipinski definition) is 3. The Morgan fingerprint density at radius 3 is 2.95 bits per heavy atom. The van der Waals surface area contributed by atoms with Crippen LogP contribution in [-0.4, -0.2) is 27.2 Å². The lowest BCUT2D eigenvalue weighted by Crippen LogP contribution is -2.33. The van der Waals surface area contributed by atoms with Gasteiger partial charge < -0.3 is 10.3 Å². The highest BCUT2D eigenvalue weighted by atomic mass is 16.2. The summed E-state index contributed by atoms with van der Waals surface area (Å²) in [6, 6.07) is 5.11. The van der Waals surface area contributed by atoms with Crippen LogP contribution in [0.4, 0.5) is 0 Å². The maximum atomic E-state index is 11.9. The van der Waals surface area contributed by atoms with E-state index in [1.807, 2.05) is 23.9 Å². The van der Waals surface area contributed by atoms with E-state index in [1.54, 1.807) is 25.3 Å². The predicted molar refractivity (Wildman–Crippen MR) is 75.5 cm³/mol. The van der Waals surface area contributed by atoms with Crippen molar-refractivity contribution in [3.8, 4) is 0 Å². The Balaban J connectivity index is 1.90. The molecule has 2 N–H and O–H groups in total. The van der Waals surface area contributed by atoms with E-state index >= 15 is 0 Å². The van der Waals surface area contributed by atoms with Crippen LogP contribution >= 0.6 is 0 Å². The third kappa shape index (κ3) is 3.57. The minimum atomic E-state index is -0.359. The number of nitrogens with zero attached hydrogens (tertiary/aromatic N) is 2. The lowest BCUT2D eigenvalue weighted by atomic mass is 10.1. The number of carbonyl (C=O) groups excluding carboxylic acids is 1. The second kappa shape index (κ2) is 6.18. The number of aryl methyl sites for hydroxylation is 1. The zero-order chi connectivity index (χ0) is 14.5. The molecule has 2 heterocycles. The molecular weight excluding hydrogens is 256 g/mol. The first-order valence-electron chi connectivity index (χ1n) is 6.52. The Hall–Kier alpha value is -2.37. The maximum absolute atomic E-state index is 11.9. The summed E-state index contributed by atoms with van der Waals surface area (Å²) >= 11 is 0. The van der Waals surface area contributed by atoms with Gasteiger partial charge in [-0.3, -0.25) is 14.3 Å². The van der Waals surface area contributed by atoms with Gasteiger partial charge in [0.1, 0.15) is 5.56 Å². The number of carbonyl (C=O) groups is 1. The second-order valence-electron chi connectivity index (χ2n) is 4.93. The van der Waals surface area contributed by atoms with Crippen LogP contribution in [-0.2, 0) is 6.54 Å². The number of rotatable bonds is 5. The van der Waals surface area contributed by atoms with Crippen LogP contribution in [0.25, 0.3) is 0 Å². The van der Waals surface area contributed by atoms with E-state index in [-0.39, 0.29) is 22.9 Å². The molecule has 0 aliphatic rings. The summed E-state index contributed by atoms with van der Waals surface area (Å²) < 4.78 is 1.81. The van der Waals surface area contributed by atoms with Crippen molar-refractivity contribution in [2.45, 2.75) is 20.4 Å². The molecule has 2 aromatic heterocycles. The summed E-state index contributed by atoms with van der Waals surface area (Å²) in [6.45, 7) is 5.00. The van der Waals surface area contributed by atoms with Crippen LogP contribution < -0.4 is 10.9 Å². The average Bonchev–Trinajstić information content (AvgIpc) is 2.89. The second-order valence-corrected chi connectivity index (χ2v) is 4.93. The van der Waals surface area contributed by atoms with Crippen molar-refractivity contribution in [1.82, 2.24) is 20.1 Å². The van der Waals surface area contributed by atoms with Gasteiger partial charge in [0.2, 0.25) is 0 Å². The molecule has 1 unspecified atom stereocenters. The summed E-state index contributed by atoms with van der Waals surface area (Å²) in [5.41, 5.74) is 0.516. The van der Waals surface area contributed by atoms with E-state index in [4.69, 9.17) is 0 Å². The van der Waals surface area contributed by atoms with E-state index < -0.39 is 0 Å². The molecule has 0 bridgehead atoms. The number of aromatic amines is 1. The van der Waals surface area contributed by atoms with Gasteiger partial charge in [-0.1, -0.05) is 6.92 Å². The highest BCUT2D eigenvalue weighted by Gasteiger charge is 2.11. The number of H-pyrrole nitrogens is 1. The van der Waals surface area contributed by atoms with Gasteiger partial charge in [0.05, 0.1) is 0 Å². The largest absolute Gasteiger partial charge is 0.352 e. The fraction of sp³-hybridized carbons (Fsp3) is 0.357. The fourth-order valence-corrected chi connectivity index (χ4v) is 1.91. The summed E-state index contributed by atoms with van der Waals surface area (Å²) in [7, 11) is 0. The SMILES string of the molecule is Cc1ccc(C(=O)NCC(C)Cn2cccn2)c(=O)[nH]1. The predicted octanol–water partition coefficient (Wildman–Crippen LogP) is 0.946. The minimum absolute atomic E-state index is 0.141. The number of pyridine rings is 1. The Labute approximate surface area is 116 Å². The van der Waals surface area contributed by atoms with Crippen LogP contribution in [0.5, 0.6) is 0 Å². The molecule has 1 amide bonds. The van der Waals surface area contributed by atoms with Crippen molar-refractivity contribution in [3.63, 3.8) is 0 Å². The van der Waals surface area contributed by atoms with Gasteiger partial charge in [0, 0.05) is 31.2 Å². The van der Waals surface area contributed by atoms with Crippen LogP contribution in [0.15, 0.2) is 35.4 Å². The van der Waals surface area contributed by atoms with E-state index in [0.29, 0.717) is 6.54 Å². The Bertz CT molecular complexity index is 631. The first kappa shape index (κ1) is 14.0. The molecule has 0 aliphatic carbocycles. The molecule has 106 valence electrons. The molecule has 2 rings (SSSR count). The summed E-state index contributed by atoms with van der Waals surface area (Å²) in [4.78, 5) is 26.2. The van der Waals surface area contributed by atoms with E-state index in [9.17, 15) is 9.59 Å². The highest BCUT2D eigenvalue weighted by Crippen LogP contribution is 1.99. The van der Waals surface area contributed by atoms with Crippen molar-refractivity contribution < 1.29 is 4.79 Å². The lowest BCUT2D eigenvalue weighted by molar-refractivity contribution is 0.0945. The third-order valence-corrected chi connectivity index (χ3v) is 2.97. The van der Waals surface area contributed by atoms with Crippen molar-refractivity contribution in [2.24, 2.45) is 5.92 Å². The van der Waals surface area contributed by atoms with E-state index in [2.05, 4.69) is 15.4 Å². The van der Waals surface area contributed by atoms with Gasteiger partial charge in [-0.05, 0) is 31.0 Å². The molecule has 20 heavy (non-hydrogen) atoms. The lowest BCUT2D eigenvalue weighted by Gasteiger charge is -2.12. The Morgan fingerprint density at radius 1 is 1.50 bits per heavy atom. The topological polar surface area (TPSA) is 79.8 Å².